The second-order valence-corrected chi connectivity index (χ2v) is 7.06. The number of halogens is 1. The summed E-state index contributed by atoms with van der Waals surface area (Å²) in [5.74, 6) is 1.00. The third-order valence-electron chi connectivity index (χ3n) is 3.57. The molecule has 0 spiro atoms. The summed E-state index contributed by atoms with van der Waals surface area (Å²) in [5.41, 5.74) is 0.820. The van der Waals surface area contributed by atoms with Gasteiger partial charge in [-0.15, -0.1) is 0 Å². The van der Waals surface area contributed by atoms with Crippen LogP contribution in [0.3, 0.4) is 0 Å². The SMILES string of the molecule is CCCCOc1ccc2nc(NC(=O)COc3ccccc3Cl)sc2c1. The zero-order chi connectivity index (χ0) is 18.4. The fourth-order valence-electron chi connectivity index (χ4n) is 2.24. The number of fused-ring (bicyclic) bond motifs is 1. The van der Waals surface area contributed by atoms with Gasteiger partial charge < -0.3 is 9.47 Å². The number of hydrogen-bond donors (Lipinski definition) is 1. The van der Waals surface area contributed by atoms with Crippen molar-refractivity contribution < 1.29 is 14.3 Å². The largest absolute Gasteiger partial charge is 0.494 e. The Hall–Kier alpha value is -2.31. The van der Waals surface area contributed by atoms with E-state index in [1.54, 1.807) is 24.3 Å². The highest BCUT2D eigenvalue weighted by Gasteiger charge is 2.10. The Morgan fingerprint density at radius 2 is 2.08 bits per heavy atom. The van der Waals surface area contributed by atoms with Gasteiger partial charge in [0.1, 0.15) is 11.5 Å². The lowest BCUT2D eigenvalue weighted by atomic mass is 10.3. The van der Waals surface area contributed by atoms with Gasteiger partial charge in [-0.3, -0.25) is 10.1 Å². The number of para-hydroxylation sites is 1. The lowest BCUT2D eigenvalue weighted by Gasteiger charge is -2.06. The molecule has 0 unspecified atom stereocenters. The maximum Gasteiger partial charge on any atom is 0.264 e. The third-order valence-corrected chi connectivity index (χ3v) is 4.81. The number of carbonyl (C=O) groups excluding carboxylic acids is 1. The molecule has 0 atom stereocenters. The van der Waals surface area contributed by atoms with E-state index in [0.29, 0.717) is 22.5 Å². The highest BCUT2D eigenvalue weighted by atomic mass is 35.5. The monoisotopic (exact) mass is 390 g/mol. The van der Waals surface area contributed by atoms with Gasteiger partial charge in [0.05, 0.1) is 21.8 Å². The van der Waals surface area contributed by atoms with Crippen molar-refractivity contribution >= 4 is 44.2 Å². The van der Waals surface area contributed by atoms with E-state index >= 15 is 0 Å². The van der Waals surface area contributed by atoms with Crippen LogP contribution >= 0.6 is 22.9 Å². The zero-order valence-corrected chi connectivity index (χ0v) is 15.9. The van der Waals surface area contributed by atoms with Crippen molar-refractivity contribution in [3.8, 4) is 11.5 Å². The Morgan fingerprint density at radius 3 is 2.88 bits per heavy atom. The minimum atomic E-state index is -0.289. The van der Waals surface area contributed by atoms with Crippen LogP contribution < -0.4 is 14.8 Å². The van der Waals surface area contributed by atoms with Crippen LogP contribution in [0.25, 0.3) is 10.2 Å². The predicted molar refractivity (Wildman–Crippen MR) is 106 cm³/mol. The first-order chi connectivity index (χ1) is 12.7. The topological polar surface area (TPSA) is 60.5 Å². The van der Waals surface area contributed by atoms with Gasteiger partial charge in [-0.25, -0.2) is 4.98 Å². The summed E-state index contributed by atoms with van der Waals surface area (Å²) in [6.45, 7) is 2.69. The van der Waals surface area contributed by atoms with Gasteiger partial charge in [0, 0.05) is 0 Å². The lowest BCUT2D eigenvalue weighted by Crippen LogP contribution is -2.20. The molecule has 0 aliphatic rings. The minimum absolute atomic E-state index is 0.134. The van der Waals surface area contributed by atoms with E-state index in [1.807, 2.05) is 18.2 Å². The Morgan fingerprint density at radius 1 is 1.23 bits per heavy atom. The van der Waals surface area contributed by atoms with Crippen molar-refractivity contribution in [2.45, 2.75) is 19.8 Å². The van der Waals surface area contributed by atoms with Crippen molar-refractivity contribution in [2.24, 2.45) is 0 Å². The molecule has 0 aliphatic carbocycles. The average molecular weight is 391 g/mol. The summed E-state index contributed by atoms with van der Waals surface area (Å²) in [4.78, 5) is 16.5. The molecule has 1 N–H and O–H groups in total. The van der Waals surface area contributed by atoms with Crippen LogP contribution in [0.15, 0.2) is 42.5 Å². The molecule has 0 aliphatic heterocycles. The molecule has 0 saturated carbocycles. The Balaban J connectivity index is 1.59. The zero-order valence-electron chi connectivity index (χ0n) is 14.3. The number of ether oxygens (including phenoxy) is 2. The van der Waals surface area contributed by atoms with Crippen LogP contribution in [0.4, 0.5) is 5.13 Å². The maximum atomic E-state index is 12.1. The molecule has 1 amide bonds. The van der Waals surface area contributed by atoms with E-state index in [-0.39, 0.29) is 12.5 Å². The normalized spacial score (nSPS) is 10.7. The molecule has 0 radical (unpaired) electrons. The molecule has 1 aromatic heterocycles. The van der Waals surface area contributed by atoms with Gasteiger partial charge in [0.25, 0.3) is 5.91 Å². The first kappa shape index (κ1) is 18.5. The number of unbranched alkanes of at least 4 members (excludes halogenated alkanes) is 1. The maximum absolute atomic E-state index is 12.1. The third kappa shape index (κ3) is 4.86. The molecule has 26 heavy (non-hydrogen) atoms. The number of nitrogens with one attached hydrogen (secondary N) is 1. The molecule has 136 valence electrons. The molecule has 0 fully saturated rings. The molecule has 1 heterocycles. The summed E-state index contributed by atoms with van der Waals surface area (Å²) in [5, 5.41) is 3.75. The van der Waals surface area contributed by atoms with E-state index in [4.69, 9.17) is 21.1 Å². The van der Waals surface area contributed by atoms with E-state index in [9.17, 15) is 4.79 Å². The number of carbonyl (C=O) groups is 1. The number of benzene rings is 2. The smallest absolute Gasteiger partial charge is 0.264 e. The van der Waals surface area contributed by atoms with Gasteiger partial charge in [-0.1, -0.05) is 48.4 Å². The van der Waals surface area contributed by atoms with Crippen molar-refractivity contribution in [3.05, 3.63) is 47.5 Å². The summed E-state index contributed by atoms with van der Waals surface area (Å²) in [6, 6.07) is 12.8. The van der Waals surface area contributed by atoms with Crippen LogP contribution in [0.5, 0.6) is 11.5 Å². The Labute approximate surface area is 160 Å². The highest BCUT2D eigenvalue weighted by molar-refractivity contribution is 7.22. The standard InChI is InChI=1S/C19H19ClN2O3S/c1-2-3-10-24-13-8-9-15-17(11-13)26-19(21-15)22-18(23)12-25-16-7-5-4-6-14(16)20/h4-9,11H,2-3,10,12H2,1H3,(H,21,22,23). The Kier molecular flexibility index (Phi) is 6.30. The van der Waals surface area contributed by atoms with Crippen LogP contribution in [0.2, 0.25) is 5.02 Å². The molecule has 0 bridgehead atoms. The summed E-state index contributed by atoms with van der Waals surface area (Å²) >= 11 is 7.40. The van der Waals surface area contributed by atoms with Crippen LogP contribution in [0.1, 0.15) is 19.8 Å². The van der Waals surface area contributed by atoms with Crippen LogP contribution in [-0.4, -0.2) is 24.1 Å². The molecule has 2 aromatic carbocycles. The van der Waals surface area contributed by atoms with E-state index < -0.39 is 0 Å². The van der Waals surface area contributed by atoms with Crippen molar-refractivity contribution in [2.75, 3.05) is 18.5 Å². The fraction of sp³-hybridized carbons (Fsp3) is 0.263. The second kappa shape index (κ2) is 8.87. The van der Waals surface area contributed by atoms with Gasteiger partial charge in [-0.2, -0.15) is 0 Å². The fourth-order valence-corrected chi connectivity index (χ4v) is 3.34. The lowest BCUT2D eigenvalue weighted by molar-refractivity contribution is -0.118. The van der Waals surface area contributed by atoms with Gasteiger partial charge >= 0.3 is 0 Å². The van der Waals surface area contributed by atoms with Gasteiger partial charge in [0.15, 0.2) is 11.7 Å². The number of nitrogens with zero attached hydrogens (tertiary/aromatic N) is 1. The number of amides is 1. The molecule has 3 aromatic rings. The van der Waals surface area contributed by atoms with Crippen molar-refractivity contribution in [1.82, 2.24) is 4.98 Å². The summed E-state index contributed by atoms with van der Waals surface area (Å²) in [6.07, 6.45) is 2.11. The summed E-state index contributed by atoms with van der Waals surface area (Å²) in [7, 11) is 0. The number of rotatable bonds is 8. The van der Waals surface area contributed by atoms with Crippen LogP contribution in [0, 0.1) is 0 Å². The van der Waals surface area contributed by atoms with Gasteiger partial charge in [0.2, 0.25) is 0 Å². The molecule has 3 rings (SSSR count). The molecule has 0 saturated heterocycles. The molecular formula is C19H19ClN2O3S. The van der Waals surface area contributed by atoms with Crippen LogP contribution in [-0.2, 0) is 4.79 Å². The van der Waals surface area contributed by atoms with Crippen molar-refractivity contribution in [1.29, 1.82) is 0 Å². The predicted octanol–water partition coefficient (Wildman–Crippen LogP) is 5.15. The van der Waals surface area contributed by atoms with E-state index in [2.05, 4.69) is 17.2 Å². The number of thiazole rings is 1. The van der Waals surface area contributed by atoms with Crippen molar-refractivity contribution in [3.63, 3.8) is 0 Å². The minimum Gasteiger partial charge on any atom is -0.494 e. The molecular weight excluding hydrogens is 372 g/mol. The molecule has 7 heteroatoms. The van der Waals surface area contributed by atoms with Gasteiger partial charge in [-0.05, 0) is 36.8 Å². The summed E-state index contributed by atoms with van der Waals surface area (Å²) < 4.78 is 12.1. The number of anilines is 1. The average Bonchev–Trinajstić information content (AvgIpc) is 3.02. The first-order valence-corrected chi connectivity index (χ1v) is 9.55. The van der Waals surface area contributed by atoms with E-state index in [0.717, 1.165) is 28.8 Å². The Bertz CT molecular complexity index is 897. The number of aromatic nitrogens is 1. The first-order valence-electron chi connectivity index (χ1n) is 8.36. The number of hydrogen-bond acceptors (Lipinski definition) is 5. The highest BCUT2D eigenvalue weighted by Crippen LogP contribution is 2.29. The second-order valence-electron chi connectivity index (χ2n) is 5.62. The molecule has 5 nitrogen and oxygen atoms in total. The van der Waals surface area contributed by atoms with E-state index in [1.165, 1.54) is 11.3 Å². The quantitative estimate of drug-likeness (QED) is 0.540.